The zero-order valence-corrected chi connectivity index (χ0v) is 13.2. The lowest BCUT2D eigenvalue weighted by Gasteiger charge is -2.51. The molecule has 2 aliphatic rings. The van der Waals surface area contributed by atoms with Crippen molar-refractivity contribution in [1.29, 1.82) is 0 Å². The van der Waals surface area contributed by atoms with Gasteiger partial charge in [0.05, 0.1) is 18.8 Å². The van der Waals surface area contributed by atoms with Crippen LogP contribution in [0.4, 0.5) is 14.5 Å². The van der Waals surface area contributed by atoms with E-state index < -0.39 is 17.2 Å². The predicted molar refractivity (Wildman–Crippen MR) is 82.3 cm³/mol. The topological polar surface area (TPSA) is 50.7 Å². The van der Waals surface area contributed by atoms with E-state index in [1.807, 2.05) is 0 Å². The second-order valence-corrected chi connectivity index (χ2v) is 6.50. The third-order valence-corrected chi connectivity index (χ3v) is 5.01. The zero-order chi connectivity index (χ0) is 16.4. The molecule has 1 saturated heterocycles. The maximum atomic E-state index is 13.4. The smallest absolute Gasteiger partial charge is 0.160 e. The van der Waals surface area contributed by atoms with Gasteiger partial charge in [0.1, 0.15) is 5.60 Å². The van der Waals surface area contributed by atoms with E-state index in [9.17, 15) is 13.9 Å². The van der Waals surface area contributed by atoms with Crippen LogP contribution >= 0.6 is 0 Å². The first-order valence-corrected chi connectivity index (χ1v) is 8.09. The summed E-state index contributed by atoms with van der Waals surface area (Å²) in [7, 11) is 1.65. The summed E-state index contributed by atoms with van der Waals surface area (Å²) < 4.78 is 37.6. The first kappa shape index (κ1) is 16.6. The average Bonchev–Trinajstić information content (AvgIpc) is 2.53. The highest BCUT2D eigenvalue weighted by molar-refractivity contribution is 5.45. The Morgan fingerprint density at radius 3 is 2.91 bits per heavy atom. The van der Waals surface area contributed by atoms with Crippen molar-refractivity contribution < 1.29 is 23.4 Å². The van der Waals surface area contributed by atoms with Gasteiger partial charge < -0.3 is 19.9 Å². The number of hydrogen-bond acceptors (Lipinski definition) is 4. The summed E-state index contributed by atoms with van der Waals surface area (Å²) in [6.07, 6.45) is 2.68. The van der Waals surface area contributed by atoms with Crippen molar-refractivity contribution in [3.05, 3.63) is 29.8 Å². The van der Waals surface area contributed by atoms with Crippen LogP contribution in [-0.2, 0) is 9.47 Å². The number of hydrogen-bond donors (Lipinski definition) is 2. The van der Waals surface area contributed by atoms with Crippen LogP contribution in [-0.4, -0.2) is 43.2 Å². The average molecular weight is 327 g/mol. The van der Waals surface area contributed by atoms with Crippen molar-refractivity contribution in [3.63, 3.8) is 0 Å². The lowest BCUT2D eigenvalue weighted by molar-refractivity contribution is -0.196. The highest BCUT2D eigenvalue weighted by atomic mass is 19.2. The van der Waals surface area contributed by atoms with Crippen molar-refractivity contribution in [2.75, 3.05) is 25.6 Å². The van der Waals surface area contributed by atoms with Crippen LogP contribution in [0.15, 0.2) is 18.2 Å². The molecule has 2 N–H and O–H groups in total. The van der Waals surface area contributed by atoms with Crippen molar-refractivity contribution in [2.45, 2.75) is 43.4 Å². The van der Waals surface area contributed by atoms with Crippen LogP contribution in [0.25, 0.3) is 0 Å². The first-order chi connectivity index (χ1) is 11.0. The fraction of sp³-hybridized carbons (Fsp3) is 0.647. The van der Waals surface area contributed by atoms with Gasteiger partial charge in [0.15, 0.2) is 11.6 Å². The van der Waals surface area contributed by atoms with Gasteiger partial charge in [-0.2, -0.15) is 0 Å². The van der Waals surface area contributed by atoms with Crippen LogP contribution in [0.3, 0.4) is 0 Å². The van der Waals surface area contributed by atoms with E-state index in [1.54, 1.807) is 7.11 Å². The highest BCUT2D eigenvalue weighted by Crippen LogP contribution is 2.42. The molecule has 3 rings (SSSR count). The maximum absolute atomic E-state index is 13.4. The molecule has 1 saturated carbocycles. The Bertz CT molecular complexity index is 557. The van der Waals surface area contributed by atoms with Gasteiger partial charge in [0, 0.05) is 31.4 Å². The Morgan fingerprint density at radius 2 is 2.17 bits per heavy atom. The van der Waals surface area contributed by atoms with Gasteiger partial charge in [-0.05, 0) is 37.8 Å². The molecule has 4 unspecified atom stereocenters. The van der Waals surface area contributed by atoms with Crippen LogP contribution in [0.5, 0.6) is 0 Å². The molecule has 0 aromatic heterocycles. The van der Waals surface area contributed by atoms with Gasteiger partial charge in [0.25, 0.3) is 0 Å². The number of nitrogens with one attached hydrogen (secondary N) is 1. The second-order valence-electron chi connectivity index (χ2n) is 6.50. The maximum Gasteiger partial charge on any atom is 0.160 e. The molecule has 1 aromatic rings. The van der Waals surface area contributed by atoms with Gasteiger partial charge in [-0.15, -0.1) is 0 Å². The summed E-state index contributed by atoms with van der Waals surface area (Å²) >= 11 is 0. The lowest BCUT2D eigenvalue weighted by Crippen LogP contribution is -2.64. The number of ether oxygens (including phenoxy) is 2. The fourth-order valence-electron chi connectivity index (χ4n) is 3.92. The molecular weight excluding hydrogens is 304 g/mol. The Morgan fingerprint density at radius 1 is 1.35 bits per heavy atom. The molecule has 0 bridgehead atoms. The molecule has 0 radical (unpaired) electrons. The highest BCUT2D eigenvalue weighted by Gasteiger charge is 2.52. The van der Waals surface area contributed by atoms with Crippen molar-refractivity contribution in [1.82, 2.24) is 0 Å². The molecule has 0 amide bonds. The molecule has 128 valence electrons. The second kappa shape index (κ2) is 6.71. The molecule has 4 atom stereocenters. The molecule has 1 heterocycles. The van der Waals surface area contributed by atoms with Crippen LogP contribution in [0.2, 0.25) is 0 Å². The predicted octanol–water partition coefficient (Wildman–Crippen LogP) is 2.71. The quantitative estimate of drug-likeness (QED) is 0.893. The molecular formula is C17H23F2NO3. The van der Waals surface area contributed by atoms with Gasteiger partial charge >= 0.3 is 0 Å². The SMILES string of the molecule is COCC1CCC(Nc2ccc(F)c(F)c2)C2(O)CCCOC12. The molecule has 1 aliphatic carbocycles. The van der Waals surface area contributed by atoms with E-state index in [0.717, 1.165) is 31.4 Å². The number of halogens is 2. The zero-order valence-electron chi connectivity index (χ0n) is 13.2. The number of benzene rings is 1. The minimum atomic E-state index is -1.02. The number of anilines is 1. The normalized spacial score (nSPS) is 34.0. The van der Waals surface area contributed by atoms with Gasteiger partial charge in [-0.1, -0.05) is 0 Å². The standard InChI is InChI=1S/C17H23F2NO3/c1-22-10-11-3-6-15(17(21)7-2-8-23-16(11)17)20-12-4-5-13(18)14(19)9-12/h4-5,9,11,15-16,20-21H,2-3,6-8,10H2,1H3. The van der Waals surface area contributed by atoms with Crippen molar-refractivity contribution in [3.8, 4) is 0 Å². The summed E-state index contributed by atoms with van der Waals surface area (Å²) in [4.78, 5) is 0. The van der Waals surface area contributed by atoms with E-state index in [2.05, 4.69) is 5.32 Å². The Hall–Kier alpha value is -1.24. The Balaban J connectivity index is 1.80. The molecule has 4 nitrogen and oxygen atoms in total. The summed E-state index contributed by atoms with van der Waals surface area (Å²) in [6.45, 7) is 1.18. The molecule has 1 aromatic carbocycles. The van der Waals surface area contributed by atoms with Gasteiger partial charge in [-0.25, -0.2) is 8.78 Å². The minimum Gasteiger partial charge on any atom is -0.385 e. The van der Waals surface area contributed by atoms with E-state index in [-0.39, 0.29) is 18.1 Å². The van der Waals surface area contributed by atoms with E-state index in [0.29, 0.717) is 25.3 Å². The fourth-order valence-corrected chi connectivity index (χ4v) is 3.92. The van der Waals surface area contributed by atoms with Crippen molar-refractivity contribution in [2.24, 2.45) is 5.92 Å². The summed E-state index contributed by atoms with van der Waals surface area (Å²) in [5.74, 6) is -1.63. The van der Waals surface area contributed by atoms with Gasteiger partial charge in [0.2, 0.25) is 0 Å². The molecule has 1 aliphatic heterocycles. The Labute approximate surface area is 134 Å². The molecule has 0 spiro atoms. The van der Waals surface area contributed by atoms with Crippen LogP contribution < -0.4 is 5.32 Å². The molecule has 2 fully saturated rings. The van der Waals surface area contributed by atoms with Gasteiger partial charge in [-0.3, -0.25) is 0 Å². The lowest BCUT2D eigenvalue weighted by atomic mass is 9.69. The minimum absolute atomic E-state index is 0.147. The van der Waals surface area contributed by atoms with E-state index in [1.165, 1.54) is 6.07 Å². The van der Waals surface area contributed by atoms with Crippen LogP contribution in [0, 0.1) is 17.6 Å². The summed E-state index contributed by atoms with van der Waals surface area (Å²) in [5.41, 5.74) is -0.554. The number of methoxy groups -OCH3 is 1. The third kappa shape index (κ3) is 3.20. The number of aliphatic hydroxyl groups is 1. The molecule has 23 heavy (non-hydrogen) atoms. The largest absolute Gasteiger partial charge is 0.385 e. The first-order valence-electron chi connectivity index (χ1n) is 8.09. The molecule has 6 heteroatoms. The number of rotatable bonds is 4. The number of fused-ring (bicyclic) bond motifs is 1. The Kier molecular flexibility index (Phi) is 4.85. The van der Waals surface area contributed by atoms with E-state index in [4.69, 9.17) is 9.47 Å². The van der Waals surface area contributed by atoms with E-state index >= 15 is 0 Å². The third-order valence-electron chi connectivity index (χ3n) is 5.01. The summed E-state index contributed by atoms with van der Waals surface area (Å²) in [6, 6.07) is 3.44. The monoisotopic (exact) mass is 327 g/mol. The van der Waals surface area contributed by atoms with Crippen LogP contribution in [0.1, 0.15) is 25.7 Å². The summed E-state index contributed by atoms with van der Waals surface area (Å²) in [5, 5.41) is 14.4. The van der Waals surface area contributed by atoms with Crippen molar-refractivity contribution >= 4 is 5.69 Å².